The van der Waals surface area contributed by atoms with Gasteiger partial charge in [-0.15, -0.1) is 0 Å². The molecule has 3 fully saturated rings. The van der Waals surface area contributed by atoms with Crippen LogP contribution in [-0.2, 0) is 20.9 Å². The summed E-state index contributed by atoms with van der Waals surface area (Å²) in [6.45, 7) is 6.01. The van der Waals surface area contributed by atoms with Gasteiger partial charge >= 0.3 is 6.09 Å². The van der Waals surface area contributed by atoms with Crippen LogP contribution in [0.1, 0.15) is 93.6 Å². The van der Waals surface area contributed by atoms with Gasteiger partial charge in [0.2, 0.25) is 11.8 Å². The van der Waals surface area contributed by atoms with Gasteiger partial charge in [0.25, 0.3) is 5.91 Å². The van der Waals surface area contributed by atoms with Crippen LogP contribution in [0.3, 0.4) is 0 Å². The van der Waals surface area contributed by atoms with E-state index in [1.54, 1.807) is 11.0 Å². The minimum atomic E-state index is -0.628. The minimum Gasteiger partial charge on any atom is -0.444 e. The molecule has 5 rings (SSSR count). The zero-order valence-electron chi connectivity index (χ0n) is 23.0. The number of carbonyl (C=O) groups excluding carboxylic acids is 4. The zero-order valence-corrected chi connectivity index (χ0v) is 23.0. The van der Waals surface area contributed by atoms with Crippen molar-refractivity contribution in [2.24, 2.45) is 11.7 Å². The molecule has 0 radical (unpaired) electrons. The third-order valence-electron chi connectivity index (χ3n) is 8.19. The second kappa shape index (κ2) is 10.6. The van der Waals surface area contributed by atoms with E-state index in [0.29, 0.717) is 18.5 Å². The van der Waals surface area contributed by atoms with Crippen molar-refractivity contribution in [3.8, 4) is 11.8 Å². The molecule has 2 heterocycles. The number of hydrogen-bond donors (Lipinski definition) is 2. The molecule has 4 amide bonds. The van der Waals surface area contributed by atoms with Crippen molar-refractivity contribution in [1.29, 1.82) is 0 Å². The SMILES string of the molecule is CC(C)(C)OC(=O)N(C1CCC(N)CC1)[C@H]1C[C@H](C#Cc2ccc3c(c2)CN(C2CCC(=O)NC2=O)C3=O)C1. The lowest BCUT2D eigenvalue weighted by molar-refractivity contribution is -0.136. The van der Waals surface area contributed by atoms with Crippen LogP contribution in [0.4, 0.5) is 4.79 Å². The number of carbonyl (C=O) groups is 4. The zero-order chi connectivity index (χ0) is 27.9. The van der Waals surface area contributed by atoms with Gasteiger partial charge in [0.15, 0.2) is 0 Å². The Kier molecular flexibility index (Phi) is 7.43. The fraction of sp³-hybridized carbons (Fsp3) is 0.600. The van der Waals surface area contributed by atoms with Crippen molar-refractivity contribution in [1.82, 2.24) is 15.1 Å². The lowest BCUT2D eigenvalue weighted by Gasteiger charge is -2.46. The standard InChI is InChI=1S/C30H38N4O5/c1-30(2,3)39-29(38)34(22-9-7-21(31)8-10-22)23-15-19(16-23)5-4-18-6-11-24-20(14-18)17-33(28(24)37)25-12-13-26(35)32-27(25)36/h6,11,14,19,21-23,25H,7-10,12-13,15-17,31H2,1-3H3,(H,32,35,36)/t19-,21?,22?,23-,25?. The molecule has 208 valence electrons. The van der Waals surface area contributed by atoms with Crippen molar-refractivity contribution in [2.75, 3.05) is 0 Å². The Morgan fingerprint density at radius 1 is 1.08 bits per heavy atom. The smallest absolute Gasteiger partial charge is 0.410 e. The van der Waals surface area contributed by atoms with Crippen molar-refractivity contribution in [3.63, 3.8) is 0 Å². The molecule has 2 saturated carbocycles. The molecule has 2 aliphatic carbocycles. The van der Waals surface area contributed by atoms with E-state index in [9.17, 15) is 19.2 Å². The Bertz CT molecular complexity index is 1230. The predicted octanol–water partition coefficient (Wildman–Crippen LogP) is 3.08. The lowest BCUT2D eigenvalue weighted by atomic mass is 9.78. The molecule has 1 saturated heterocycles. The maximum atomic E-state index is 13.1. The summed E-state index contributed by atoms with van der Waals surface area (Å²) in [7, 11) is 0. The van der Waals surface area contributed by atoms with Crippen LogP contribution < -0.4 is 11.1 Å². The summed E-state index contributed by atoms with van der Waals surface area (Å²) in [5.41, 5.74) is 7.80. The maximum absolute atomic E-state index is 13.1. The van der Waals surface area contributed by atoms with E-state index in [2.05, 4.69) is 17.2 Å². The molecule has 1 unspecified atom stereocenters. The van der Waals surface area contributed by atoms with Crippen molar-refractivity contribution < 1.29 is 23.9 Å². The fourth-order valence-electron chi connectivity index (χ4n) is 6.06. The summed E-state index contributed by atoms with van der Waals surface area (Å²) in [5, 5.41) is 2.33. The topological polar surface area (TPSA) is 122 Å². The molecule has 0 bridgehead atoms. The van der Waals surface area contributed by atoms with E-state index in [-0.39, 0.29) is 48.4 Å². The third kappa shape index (κ3) is 5.96. The monoisotopic (exact) mass is 534 g/mol. The Morgan fingerprint density at radius 2 is 1.79 bits per heavy atom. The number of imide groups is 1. The number of piperidine rings is 1. The van der Waals surface area contributed by atoms with E-state index in [1.807, 2.05) is 37.8 Å². The van der Waals surface area contributed by atoms with Gasteiger partial charge in [-0.1, -0.05) is 11.8 Å². The normalized spacial score (nSPS) is 28.6. The number of nitrogens with zero attached hydrogens (tertiary/aromatic N) is 2. The van der Waals surface area contributed by atoms with Crippen LogP contribution in [0.15, 0.2) is 18.2 Å². The van der Waals surface area contributed by atoms with Crippen molar-refractivity contribution >= 4 is 23.8 Å². The van der Waals surface area contributed by atoms with Crippen molar-refractivity contribution in [3.05, 3.63) is 34.9 Å². The fourth-order valence-corrected chi connectivity index (χ4v) is 6.06. The Hall–Kier alpha value is -3.38. The first kappa shape index (κ1) is 27.2. The van der Waals surface area contributed by atoms with Crippen LogP contribution in [0, 0.1) is 17.8 Å². The number of nitrogens with one attached hydrogen (secondary N) is 1. The molecule has 9 heteroatoms. The molecule has 1 aromatic rings. The average molecular weight is 535 g/mol. The van der Waals surface area contributed by atoms with Gasteiger partial charge in [-0.2, -0.15) is 0 Å². The van der Waals surface area contributed by atoms with Crippen LogP contribution in [0.25, 0.3) is 0 Å². The quantitative estimate of drug-likeness (QED) is 0.454. The highest BCUT2D eigenvalue weighted by Crippen LogP contribution is 2.37. The number of fused-ring (bicyclic) bond motifs is 1. The first-order chi connectivity index (χ1) is 18.5. The third-order valence-corrected chi connectivity index (χ3v) is 8.19. The highest BCUT2D eigenvalue weighted by Gasteiger charge is 2.42. The van der Waals surface area contributed by atoms with Gasteiger partial charge in [-0.25, -0.2) is 4.79 Å². The second-order valence-corrected chi connectivity index (χ2v) is 12.3. The number of rotatable bonds is 3. The molecule has 3 N–H and O–H groups in total. The van der Waals surface area contributed by atoms with E-state index in [1.165, 1.54) is 0 Å². The first-order valence-electron chi connectivity index (χ1n) is 14.0. The summed E-state index contributed by atoms with van der Waals surface area (Å²) in [6, 6.07) is 5.37. The molecule has 4 aliphatic rings. The minimum absolute atomic E-state index is 0.109. The Balaban J connectivity index is 1.22. The molecule has 0 aromatic heterocycles. The van der Waals surface area contributed by atoms with E-state index in [0.717, 1.165) is 49.7 Å². The van der Waals surface area contributed by atoms with E-state index < -0.39 is 17.6 Å². The maximum Gasteiger partial charge on any atom is 0.410 e. The highest BCUT2D eigenvalue weighted by atomic mass is 16.6. The van der Waals surface area contributed by atoms with Gasteiger partial charge in [0.1, 0.15) is 11.6 Å². The van der Waals surface area contributed by atoms with Crippen LogP contribution >= 0.6 is 0 Å². The van der Waals surface area contributed by atoms with E-state index in [4.69, 9.17) is 10.5 Å². The summed E-state index contributed by atoms with van der Waals surface area (Å²) in [4.78, 5) is 53.3. The van der Waals surface area contributed by atoms with Crippen molar-refractivity contribution in [2.45, 2.75) is 108 Å². The van der Waals surface area contributed by atoms with Crippen LogP contribution in [0.2, 0.25) is 0 Å². The number of amides is 4. The predicted molar refractivity (Wildman–Crippen MR) is 144 cm³/mol. The molecule has 9 nitrogen and oxygen atoms in total. The van der Waals surface area contributed by atoms with Gasteiger partial charge < -0.3 is 20.3 Å². The van der Waals surface area contributed by atoms with Gasteiger partial charge in [-0.3, -0.25) is 19.7 Å². The summed E-state index contributed by atoms with van der Waals surface area (Å²) in [6.07, 6.45) is 5.58. The summed E-state index contributed by atoms with van der Waals surface area (Å²) < 4.78 is 5.76. The average Bonchev–Trinajstić information content (AvgIpc) is 3.15. The highest BCUT2D eigenvalue weighted by molar-refractivity contribution is 6.05. The lowest BCUT2D eigenvalue weighted by Crippen LogP contribution is -2.55. The largest absolute Gasteiger partial charge is 0.444 e. The Labute approximate surface area is 229 Å². The Morgan fingerprint density at radius 3 is 2.46 bits per heavy atom. The summed E-state index contributed by atoms with van der Waals surface area (Å²) >= 11 is 0. The molecular weight excluding hydrogens is 496 g/mol. The summed E-state index contributed by atoms with van der Waals surface area (Å²) in [5.74, 6) is 5.90. The molecule has 39 heavy (non-hydrogen) atoms. The number of nitrogens with two attached hydrogens (primary N) is 1. The molecule has 0 spiro atoms. The van der Waals surface area contributed by atoms with E-state index >= 15 is 0 Å². The number of ether oxygens (including phenoxy) is 1. The van der Waals surface area contributed by atoms with Crippen LogP contribution in [-0.4, -0.2) is 63.4 Å². The number of hydrogen-bond acceptors (Lipinski definition) is 6. The first-order valence-corrected chi connectivity index (χ1v) is 14.0. The van der Waals surface area contributed by atoms with Gasteiger partial charge in [-0.05, 0) is 89.5 Å². The molecule has 2 aliphatic heterocycles. The second-order valence-electron chi connectivity index (χ2n) is 12.3. The molecule has 1 aromatic carbocycles. The number of benzene rings is 1. The van der Waals surface area contributed by atoms with Gasteiger partial charge in [0.05, 0.1) is 0 Å². The van der Waals surface area contributed by atoms with Gasteiger partial charge in [0, 0.05) is 48.1 Å². The van der Waals surface area contributed by atoms with Crippen LogP contribution in [0.5, 0.6) is 0 Å². The molecular formula is C30H38N4O5. The molecule has 1 atom stereocenters.